The highest BCUT2D eigenvalue weighted by atomic mass is 16.5. The molecule has 5 heteroatoms. The van der Waals surface area contributed by atoms with Gasteiger partial charge in [0.2, 0.25) is 0 Å². The first-order chi connectivity index (χ1) is 13.3. The van der Waals surface area contributed by atoms with Crippen molar-refractivity contribution in [1.29, 1.82) is 0 Å². The Labute approximate surface area is 165 Å². The van der Waals surface area contributed by atoms with Crippen LogP contribution in [0.3, 0.4) is 0 Å². The van der Waals surface area contributed by atoms with Crippen LogP contribution >= 0.6 is 0 Å². The number of aliphatic hydroxyl groups is 1. The standard InChI is InChI=1S/C23H25NO4/c1-13(2)21(25)19-20(16-9-11-17(28-5)12-10-16)24(23(27)22(19)26)18-8-6-7-14(3)15(18)4/h6-13,20,26H,1-5H3. The zero-order valence-corrected chi connectivity index (χ0v) is 16.8. The van der Waals surface area contributed by atoms with E-state index in [1.807, 2.05) is 44.2 Å². The van der Waals surface area contributed by atoms with Crippen molar-refractivity contribution in [2.45, 2.75) is 33.7 Å². The number of ketones is 1. The van der Waals surface area contributed by atoms with Crippen LogP contribution in [-0.4, -0.2) is 23.9 Å². The predicted molar refractivity (Wildman–Crippen MR) is 109 cm³/mol. The zero-order valence-electron chi connectivity index (χ0n) is 16.8. The molecule has 1 atom stereocenters. The topological polar surface area (TPSA) is 66.8 Å². The summed E-state index contributed by atoms with van der Waals surface area (Å²) < 4.78 is 5.22. The summed E-state index contributed by atoms with van der Waals surface area (Å²) in [6.45, 7) is 7.43. The number of benzene rings is 2. The Morgan fingerprint density at radius 3 is 2.32 bits per heavy atom. The van der Waals surface area contributed by atoms with Gasteiger partial charge in [0.1, 0.15) is 5.75 Å². The van der Waals surface area contributed by atoms with Crippen LogP contribution in [0, 0.1) is 19.8 Å². The number of hydrogen-bond donors (Lipinski definition) is 1. The monoisotopic (exact) mass is 379 g/mol. The molecule has 0 saturated carbocycles. The Balaban J connectivity index is 2.22. The molecule has 0 aromatic heterocycles. The maximum Gasteiger partial charge on any atom is 0.294 e. The molecule has 0 spiro atoms. The summed E-state index contributed by atoms with van der Waals surface area (Å²) in [5.41, 5.74) is 3.53. The van der Waals surface area contributed by atoms with Crippen LogP contribution in [-0.2, 0) is 9.59 Å². The number of aryl methyl sites for hydroxylation is 1. The predicted octanol–water partition coefficient (Wildman–Crippen LogP) is 4.44. The number of ether oxygens (including phenoxy) is 1. The summed E-state index contributed by atoms with van der Waals surface area (Å²) in [5, 5.41) is 10.6. The Kier molecular flexibility index (Phi) is 5.27. The molecule has 146 valence electrons. The molecule has 3 rings (SSSR count). The van der Waals surface area contributed by atoms with Crippen molar-refractivity contribution >= 4 is 17.4 Å². The normalized spacial score (nSPS) is 16.9. The van der Waals surface area contributed by atoms with E-state index < -0.39 is 17.7 Å². The van der Waals surface area contributed by atoms with Gasteiger partial charge in [-0.05, 0) is 48.7 Å². The molecule has 28 heavy (non-hydrogen) atoms. The number of carbonyl (C=O) groups is 2. The van der Waals surface area contributed by atoms with Gasteiger partial charge in [-0.2, -0.15) is 0 Å². The molecular formula is C23H25NO4. The van der Waals surface area contributed by atoms with Crippen molar-refractivity contribution in [1.82, 2.24) is 0 Å². The lowest BCUT2D eigenvalue weighted by Gasteiger charge is -2.29. The molecule has 0 radical (unpaired) electrons. The van der Waals surface area contributed by atoms with Crippen molar-refractivity contribution < 1.29 is 19.4 Å². The molecular weight excluding hydrogens is 354 g/mol. The summed E-state index contributed by atoms with van der Waals surface area (Å²) in [7, 11) is 1.58. The van der Waals surface area contributed by atoms with Gasteiger partial charge in [-0.1, -0.05) is 38.1 Å². The van der Waals surface area contributed by atoms with Gasteiger partial charge in [0, 0.05) is 11.6 Å². The fourth-order valence-corrected chi connectivity index (χ4v) is 3.51. The first kappa shape index (κ1) is 19.7. The van der Waals surface area contributed by atoms with E-state index in [0.29, 0.717) is 11.4 Å². The zero-order chi connectivity index (χ0) is 20.6. The molecule has 2 aromatic carbocycles. The quantitative estimate of drug-likeness (QED) is 0.834. The highest BCUT2D eigenvalue weighted by molar-refractivity contribution is 6.17. The van der Waals surface area contributed by atoms with Crippen LogP contribution < -0.4 is 9.64 Å². The lowest BCUT2D eigenvalue weighted by atomic mass is 9.91. The second-order valence-electron chi connectivity index (χ2n) is 7.35. The molecule has 1 aliphatic rings. The third kappa shape index (κ3) is 3.17. The smallest absolute Gasteiger partial charge is 0.294 e. The fraction of sp³-hybridized carbons (Fsp3) is 0.304. The van der Waals surface area contributed by atoms with E-state index in [-0.39, 0.29) is 17.3 Å². The number of hydrogen-bond acceptors (Lipinski definition) is 4. The van der Waals surface area contributed by atoms with E-state index in [4.69, 9.17) is 4.74 Å². The van der Waals surface area contributed by atoms with Gasteiger partial charge in [-0.3, -0.25) is 14.5 Å². The number of amides is 1. The SMILES string of the molecule is COc1ccc(C2C(C(=O)C(C)C)=C(O)C(=O)N2c2cccc(C)c2C)cc1. The molecule has 1 aliphatic heterocycles. The molecule has 5 nitrogen and oxygen atoms in total. The molecule has 1 unspecified atom stereocenters. The van der Waals surface area contributed by atoms with Gasteiger partial charge in [0.15, 0.2) is 11.5 Å². The number of Topliss-reactive ketones (excluding diaryl/α,β-unsaturated/α-hetero) is 1. The first-order valence-electron chi connectivity index (χ1n) is 9.29. The van der Waals surface area contributed by atoms with Crippen LogP contribution in [0.15, 0.2) is 53.8 Å². The van der Waals surface area contributed by atoms with Gasteiger partial charge >= 0.3 is 0 Å². The van der Waals surface area contributed by atoms with E-state index >= 15 is 0 Å². The summed E-state index contributed by atoms with van der Waals surface area (Å²) in [6.07, 6.45) is 0. The van der Waals surface area contributed by atoms with Crippen molar-refractivity contribution in [2.24, 2.45) is 5.92 Å². The second-order valence-corrected chi connectivity index (χ2v) is 7.35. The van der Waals surface area contributed by atoms with Crippen LogP contribution in [0.4, 0.5) is 5.69 Å². The average molecular weight is 379 g/mol. The van der Waals surface area contributed by atoms with Gasteiger partial charge < -0.3 is 9.84 Å². The maximum atomic E-state index is 13.1. The minimum Gasteiger partial charge on any atom is -0.503 e. The molecule has 2 aromatic rings. The summed E-state index contributed by atoms with van der Waals surface area (Å²) in [6, 6.07) is 12.2. The minimum absolute atomic E-state index is 0.145. The van der Waals surface area contributed by atoms with Crippen molar-refractivity contribution in [2.75, 3.05) is 12.0 Å². The molecule has 0 fully saturated rings. The summed E-state index contributed by atoms with van der Waals surface area (Å²) in [5.74, 6) is -0.932. The number of aliphatic hydroxyl groups excluding tert-OH is 1. The fourth-order valence-electron chi connectivity index (χ4n) is 3.51. The Morgan fingerprint density at radius 1 is 1.11 bits per heavy atom. The molecule has 1 N–H and O–H groups in total. The molecule has 0 bridgehead atoms. The first-order valence-corrected chi connectivity index (χ1v) is 9.29. The van der Waals surface area contributed by atoms with Gasteiger partial charge in [-0.25, -0.2) is 0 Å². The summed E-state index contributed by atoms with van der Waals surface area (Å²) >= 11 is 0. The van der Waals surface area contributed by atoms with E-state index in [2.05, 4.69) is 0 Å². The highest BCUT2D eigenvalue weighted by Gasteiger charge is 2.45. The van der Waals surface area contributed by atoms with Crippen molar-refractivity contribution in [3.8, 4) is 5.75 Å². The Bertz CT molecular complexity index is 957. The lowest BCUT2D eigenvalue weighted by molar-refractivity contribution is -0.119. The van der Waals surface area contributed by atoms with E-state index in [1.54, 1.807) is 33.1 Å². The van der Waals surface area contributed by atoms with E-state index in [0.717, 1.165) is 16.7 Å². The number of rotatable bonds is 5. The number of anilines is 1. The largest absolute Gasteiger partial charge is 0.503 e. The van der Waals surface area contributed by atoms with E-state index in [9.17, 15) is 14.7 Å². The Hall–Kier alpha value is -3.08. The third-order valence-corrected chi connectivity index (χ3v) is 5.27. The molecule has 1 amide bonds. The molecule has 0 aliphatic carbocycles. The van der Waals surface area contributed by atoms with Crippen LogP contribution in [0.25, 0.3) is 0 Å². The van der Waals surface area contributed by atoms with E-state index in [1.165, 1.54) is 4.90 Å². The maximum absolute atomic E-state index is 13.1. The lowest BCUT2D eigenvalue weighted by Crippen LogP contribution is -2.32. The summed E-state index contributed by atoms with van der Waals surface area (Å²) in [4.78, 5) is 27.5. The number of methoxy groups -OCH3 is 1. The average Bonchev–Trinajstić information content (AvgIpc) is 2.94. The molecule has 0 saturated heterocycles. The van der Waals surface area contributed by atoms with Crippen LogP contribution in [0.1, 0.15) is 36.6 Å². The van der Waals surface area contributed by atoms with Gasteiger partial charge in [0.25, 0.3) is 5.91 Å². The van der Waals surface area contributed by atoms with Gasteiger partial charge in [0.05, 0.1) is 18.7 Å². The van der Waals surface area contributed by atoms with Crippen LogP contribution in [0.2, 0.25) is 0 Å². The van der Waals surface area contributed by atoms with Gasteiger partial charge in [-0.15, -0.1) is 0 Å². The highest BCUT2D eigenvalue weighted by Crippen LogP contribution is 2.43. The molecule has 1 heterocycles. The van der Waals surface area contributed by atoms with Crippen LogP contribution in [0.5, 0.6) is 5.75 Å². The number of carbonyl (C=O) groups excluding carboxylic acids is 2. The Morgan fingerprint density at radius 2 is 1.75 bits per heavy atom. The third-order valence-electron chi connectivity index (χ3n) is 5.27. The van der Waals surface area contributed by atoms with Crippen molar-refractivity contribution in [3.63, 3.8) is 0 Å². The van der Waals surface area contributed by atoms with Crippen molar-refractivity contribution in [3.05, 3.63) is 70.5 Å². The minimum atomic E-state index is -0.686. The second kappa shape index (κ2) is 7.50. The number of nitrogens with zero attached hydrogens (tertiary/aromatic N) is 1.